The molecule has 1 aliphatic heterocycles. The van der Waals surface area contributed by atoms with Crippen LogP contribution in [-0.2, 0) is 17.6 Å². The molecule has 3 heterocycles. The van der Waals surface area contributed by atoms with Crippen molar-refractivity contribution in [1.82, 2.24) is 0 Å². The molecule has 6 heteroatoms. The monoisotopic (exact) mass is 394 g/mol. The van der Waals surface area contributed by atoms with E-state index in [1.54, 1.807) is 11.3 Å². The van der Waals surface area contributed by atoms with Gasteiger partial charge in [-0.3, -0.25) is 4.79 Å². The van der Waals surface area contributed by atoms with Crippen molar-refractivity contribution < 1.29 is 9.69 Å². The van der Waals surface area contributed by atoms with Gasteiger partial charge in [0.15, 0.2) is 6.54 Å². The second-order valence-corrected chi connectivity index (χ2v) is 8.64. The Morgan fingerprint density at radius 1 is 1.19 bits per heavy atom. The largest absolute Gasteiger partial charge is 0.321 e. The van der Waals surface area contributed by atoms with Crippen molar-refractivity contribution in [3.05, 3.63) is 74.1 Å². The molecule has 3 aromatic rings. The number of thiophene rings is 2. The molecule has 0 saturated carbocycles. The van der Waals surface area contributed by atoms with E-state index in [2.05, 4.69) is 40.3 Å². The van der Waals surface area contributed by atoms with E-state index < -0.39 is 0 Å². The molecule has 1 unspecified atom stereocenters. The van der Waals surface area contributed by atoms with Crippen LogP contribution in [0.5, 0.6) is 0 Å². The van der Waals surface area contributed by atoms with Crippen molar-refractivity contribution >= 4 is 34.3 Å². The van der Waals surface area contributed by atoms with Gasteiger partial charge in [-0.15, -0.1) is 22.7 Å². The predicted molar refractivity (Wildman–Crippen MR) is 109 cm³/mol. The molecule has 2 N–H and O–H groups in total. The molecule has 0 saturated heterocycles. The van der Waals surface area contributed by atoms with E-state index in [1.807, 2.05) is 35.6 Å². The van der Waals surface area contributed by atoms with Crippen molar-refractivity contribution in [2.24, 2.45) is 0 Å². The van der Waals surface area contributed by atoms with Gasteiger partial charge in [-0.1, -0.05) is 18.2 Å². The number of rotatable bonds is 5. The maximum absolute atomic E-state index is 12.7. The van der Waals surface area contributed by atoms with Gasteiger partial charge < -0.3 is 10.2 Å². The van der Waals surface area contributed by atoms with Crippen LogP contribution in [0, 0.1) is 11.3 Å². The van der Waals surface area contributed by atoms with Gasteiger partial charge in [-0.25, -0.2) is 0 Å². The third-order valence-electron chi connectivity index (χ3n) is 4.91. The summed E-state index contributed by atoms with van der Waals surface area (Å²) < 4.78 is 0. The average molecular weight is 395 g/mol. The highest BCUT2D eigenvalue weighted by Gasteiger charge is 2.35. The number of benzene rings is 1. The van der Waals surface area contributed by atoms with Crippen LogP contribution in [0.3, 0.4) is 0 Å². The van der Waals surface area contributed by atoms with E-state index in [0.29, 0.717) is 13.0 Å². The summed E-state index contributed by atoms with van der Waals surface area (Å²) in [6.07, 6.45) is 1.41. The lowest BCUT2D eigenvalue weighted by molar-refractivity contribution is -0.919. The van der Waals surface area contributed by atoms with Crippen LogP contribution in [0.25, 0.3) is 0 Å². The number of nitrogens with zero attached hydrogens (tertiary/aromatic N) is 1. The third kappa shape index (κ3) is 3.96. The quantitative estimate of drug-likeness (QED) is 0.699. The summed E-state index contributed by atoms with van der Waals surface area (Å²) in [6.45, 7) is 1.41. The minimum Gasteiger partial charge on any atom is -0.321 e. The molecule has 2 atom stereocenters. The summed E-state index contributed by atoms with van der Waals surface area (Å²) in [7, 11) is 0. The summed E-state index contributed by atoms with van der Waals surface area (Å²) in [5.74, 6) is 0.0262. The van der Waals surface area contributed by atoms with Crippen LogP contribution in [0.2, 0.25) is 0 Å². The lowest BCUT2D eigenvalue weighted by Gasteiger charge is -2.31. The third-order valence-corrected chi connectivity index (χ3v) is 6.84. The molecule has 136 valence electrons. The molecule has 4 nitrogen and oxygen atoms in total. The Kier molecular flexibility index (Phi) is 5.35. The Hall–Kier alpha value is -2.46. The molecule has 2 aromatic heterocycles. The number of anilines is 1. The number of hydrogen-bond acceptors (Lipinski definition) is 4. The molecule has 0 fully saturated rings. The zero-order valence-corrected chi connectivity index (χ0v) is 16.4. The molecule has 0 radical (unpaired) electrons. The molecule has 4 rings (SSSR count). The van der Waals surface area contributed by atoms with Gasteiger partial charge in [0.05, 0.1) is 23.9 Å². The highest BCUT2D eigenvalue weighted by atomic mass is 32.1. The molecule has 1 aliphatic rings. The molecule has 0 spiro atoms. The smallest absolute Gasteiger partial charge is 0.279 e. The first-order chi connectivity index (χ1) is 13.2. The summed E-state index contributed by atoms with van der Waals surface area (Å²) in [5.41, 5.74) is 3.11. The van der Waals surface area contributed by atoms with Crippen LogP contribution in [-0.4, -0.2) is 19.0 Å². The average Bonchev–Trinajstić information content (AvgIpc) is 3.35. The van der Waals surface area contributed by atoms with Gasteiger partial charge in [0.1, 0.15) is 6.04 Å². The fourth-order valence-corrected chi connectivity index (χ4v) is 5.48. The van der Waals surface area contributed by atoms with Gasteiger partial charge in [0, 0.05) is 22.5 Å². The normalized spacial score (nSPS) is 18.5. The van der Waals surface area contributed by atoms with E-state index in [1.165, 1.54) is 20.2 Å². The molecular weight excluding hydrogens is 374 g/mol. The number of carbonyl (C=O) groups excluding carboxylic acids is 1. The molecule has 1 aromatic carbocycles. The number of carbonyl (C=O) groups is 1. The highest BCUT2D eigenvalue weighted by Crippen LogP contribution is 2.31. The second kappa shape index (κ2) is 8.05. The van der Waals surface area contributed by atoms with Crippen molar-refractivity contribution in [3.63, 3.8) is 0 Å². The first kappa shape index (κ1) is 17.9. The first-order valence-corrected chi connectivity index (χ1v) is 10.7. The van der Waals surface area contributed by atoms with Gasteiger partial charge in [0.25, 0.3) is 5.91 Å². The van der Waals surface area contributed by atoms with E-state index in [4.69, 9.17) is 5.26 Å². The van der Waals surface area contributed by atoms with E-state index in [0.717, 1.165) is 24.2 Å². The van der Waals surface area contributed by atoms with Crippen LogP contribution < -0.4 is 10.2 Å². The maximum atomic E-state index is 12.7. The zero-order chi connectivity index (χ0) is 18.6. The Morgan fingerprint density at radius 3 is 2.78 bits per heavy atom. The van der Waals surface area contributed by atoms with Crippen LogP contribution in [0.15, 0.2) is 53.2 Å². The van der Waals surface area contributed by atoms with E-state index in [9.17, 15) is 4.79 Å². The maximum Gasteiger partial charge on any atom is 0.279 e. The standard InChI is InChI=1S/C21H19N3OS2/c22-10-7-15-3-5-16(6-4-15)23-20(25)14-24-11-8-18-17(9-13-27-18)21(24)19-2-1-12-26-19/h1-6,9,12-13,21H,7-8,11,14H2,(H,23,25)/p+1/t21-/m0/s1. The fraction of sp³-hybridized carbons (Fsp3) is 0.238. The van der Waals surface area contributed by atoms with Crippen molar-refractivity contribution in [3.8, 4) is 6.07 Å². The Morgan fingerprint density at radius 2 is 2.04 bits per heavy atom. The molecule has 0 aliphatic carbocycles. The van der Waals surface area contributed by atoms with Crippen LogP contribution >= 0.6 is 22.7 Å². The Labute approximate surface area is 166 Å². The van der Waals surface area contributed by atoms with Crippen LogP contribution in [0.1, 0.15) is 26.9 Å². The number of nitrogens with one attached hydrogen (secondary N) is 2. The minimum atomic E-state index is 0.0262. The molecule has 1 amide bonds. The fourth-order valence-electron chi connectivity index (χ4n) is 3.66. The number of quaternary nitrogens is 1. The van der Waals surface area contributed by atoms with Crippen LogP contribution in [0.4, 0.5) is 5.69 Å². The summed E-state index contributed by atoms with van der Waals surface area (Å²) >= 11 is 3.59. The molecular formula is C21H20N3OS2+. The number of amides is 1. The Balaban J connectivity index is 1.48. The lowest BCUT2D eigenvalue weighted by Crippen LogP contribution is -3.14. The zero-order valence-electron chi connectivity index (χ0n) is 14.8. The SMILES string of the molecule is N#CCc1ccc(NC(=O)C[NH+]2CCc3sccc3[C@H]2c2cccs2)cc1. The van der Waals surface area contributed by atoms with Gasteiger partial charge in [0.2, 0.25) is 0 Å². The number of fused-ring (bicyclic) bond motifs is 1. The van der Waals surface area contributed by atoms with Gasteiger partial charge in [-0.05, 0) is 40.6 Å². The van der Waals surface area contributed by atoms with Crippen molar-refractivity contribution in [1.29, 1.82) is 5.26 Å². The highest BCUT2D eigenvalue weighted by molar-refractivity contribution is 7.10. The number of hydrogen-bond donors (Lipinski definition) is 2. The Bertz CT molecular complexity index is 954. The predicted octanol–water partition coefficient (Wildman–Crippen LogP) is 3.04. The van der Waals surface area contributed by atoms with Gasteiger partial charge in [-0.2, -0.15) is 5.26 Å². The summed E-state index contributed by atoms with van der Waals surface area (Å²) in [6, 6.07) is 16.4. The van der Waals surface area contributed by atoms with E-state index >= 15 is 0 Å². The molecule has 0 bridgehead atoms. The second-order valence-electron chi connectivity index (χ2n) is 6.66. The lowest BCUT2D eigenvalue weighted by atomic mass is 9.98. The van der Waals surface area contributed by atoms with E-state index in [-0.39, 0.29) is 11.9 Å². The summed E-state index contributed by atoms with van der Waals surface area (Å²) in [4.78, 5) is 16.7. The van der Waals surface area contributed by atoms with Gasteiger partial charge >= 0.3 is 0 Å². The van der Waals surface area contributed by atoms with Crippen molar-refractivity contribution in [2.45, 2.75) is 18.9 Å². The number of nitriles is 1. The van der Waals surface area contributed by atoms with Crippen molar-refractivity contribution in [2.75, 3.05) is 18.4 Å². The topological polar surface area (TPSA) is 57.3 Å². The molecule has 27 heavy (non-hydrogen) atoms. The summed E-state index contributed by atoms with van der Waals surface area (Å²) in [5, 5.41) is 16.0. The first-order valence-electron chi connectivity index (χ1n) is 8.94. The minimum absolute atomic E-state index is 0.0262.